The molecule has 1 atom stereocenters. The molecule has 0 fully saturated rings. The lowest BCUT2D eigenvalue weighted by molar-refractivity contribution is -0.185. The number of hydrogen-bond acceptors (Lipinski definition) is 3. The highest BCUT2D eigenvalue weighted by molar-refractivity contribution is 5.75. The smallest absolute Gasteiger partial charge is 0.318 e. The number of halogens is 5. The monoisotopic (exact) mass is 255 g/mol. The second-order valence-electron chi connectivity index (χ2n) is 3.15. The van der Waals surface area contributed by atoms with Gasteiger partial charge in [-0.15, -0.1) is 0 Å². The molecule has 1 aromatic rings. The fourth-order valence-electron chi connectivity index (χ4n) is 1.16. The Morgan fingerprint density at radius 2 is 1.71 bits per heavy atom. The summed E-state index contributed by atoms with van der Waals surface area (Å²) in [5.41, 5.74) is 3.92. The molecule has 0 heterocycles. The average Bonchev–Trinajstić information content (AvgIpc) is 2.30. The van der Waals surface area contributed by atoms with Gasteiger partial charge in [0, 0.05) is 22.6 Å². The van der Waals surface area contributed by atoms with E-state index in [2.05, 4.69) is 4.94 Å². The number of hydrogen-bond donors (Lipinski definition) is 1. The molecular weight excluding hydrogens is 249 g/mol. The highest BCUT2D eigenvalue weighted by Gasteiger charge is 2.25. The van der Waals surface area contributed by atoms with E-state index in [1.807, 2.05) is 0 Å². The molecule has 1 rings (SSSR count). The first kappa shape index (κ1) is 13.4. The Labute approximate surface area is 91.9 Å². The van der Waals surface area contributed by atoms with Gasteiger partial charge < -0.3 is 5.73 Å². The van der Waals surface area contributed by atoms with Crippen molar-refractivity contribution in [1.29, 1.82) is 0 Å². The highest BCUT2D eigenvalue weighted by Crippen LogP contribution is 2.20. The summed E-state index contributed by atoms with van der Waals surface area (Å²) in [5, 5.41) is 0. The van der Waals surface area contributed by atoms with Gasteiger partial charge in [0.2, 0.25) is 0 Å². The lowest BCUT2D eigenvalue weighted by atomic mass is 10.0. The maximum Gasteiger partial charge on any atom is 0.365 e. The molecular formula is C9H6F5NO2. The Balaban J connectivity index is 3.10. The lowest BCUT2D eigenvalue weighted by Gasteiger charge is -2.09. The minimum absolute atomic E-state index is 0.00711. The second-order valence-corrected chi connectivity index (χ2v) is 3.15. The molecule has 0 radical (unpaired) electrons. The van der Waals surface area contributed by atoms with E-state index in [-0.39, 0.29) is 6.07 Å². The van der Waals surface area contributed by atoms with Gasteiger partial charge in [0.15, 0.2) is 23.3 Å². The summed E-state index contributed by atoms with van der Waals surface area (Å²) in [4.78, 5) is 13.3. The van der Waals surface area contributed by atoms with Crippen LogP contribution in [0.4, 0.5) is 22.1 Å². The molecule has 8 heteroatoms. The zero-order valence-corrected chi connectivity index (χ0v) is 8.15. The molecule has 94 valence electrons. The fourth-order valence-corrected chi connectivity index (χ4v) is 1.16. The van der Waals surface area contributed by atoms with Gasteiger partial charge in [-0.25, -0.2) is 22.4 Å². The molecule has 0 bridgehead atoms. The molecule has 0 amide bonds. The van der Waals surface area contributed by atoms with Crippen molar-refractivity contribution in [3.05, 3.63) is 34.9 Å². The van der Waals surface area contributed by atoms with Crippen molar-refractivity contribution >= 4 is 5.97 Å². The van der Waals surface area contributed by atoms with Crippen LogP contribution >= 0.6 is 0 Å². The zero-order chi connectivity index (χ0) is 13.2. The number of carbonyl (C=O) groups is 1. The molecule has 0 saturated carbocycles. The summed E-state index contributed by atoms with van der Waals surface area (Å²) < 4.78 is 63.1. The maximum atomic E-state index is 13.1. The summed E-state index contributed by atoms with van der Waals surface area (Å²) in [6, 6.07) is -1.77. The van der Waals surface area contributed by atoms with Crippen LogP contribution in [-0.4, -0.2) is 12.0 Å². The molecule has 2 N–H and O–H groups in total. The molecule has 17 heavy (non-hydrogen) atoms. The van der Waals surface area contributed by atoms with Crippen LogP contribution in [-0.2, 0) is 16.2 Å². The van der Waals surface area contributed by atoms with Crippen LogP contribution < -0.4 is 5.73 Å². The summed E-state index contributed by atoms with van der Waals surface area (Å²) >= 11 is 0. The van der Waals surface area contributed by atoms with E-state index >= 15 is 0 Å². The number of carbonyl (C=O) groups excluding carboxylic acids is 1. The molecule has 0 aliphatic rings. The first-order valence-corrected chi connectivity index (χ1v) is 4.28. The van der Waals surface area contributed by atoms with Crippen LogP contribution in [0.3, 0.4) is 0 Å². The Morgan fingerprint density at radius 1 is 1.24 bits per heavy atom. The lowest BCUT2D eigenvalue weighted by Crippen LogP contribution is -2.33. The number of nitrogens with two attached hydrogens (primary N) is 1. The van der Waals surface area contributed by atoms with Crippen molar-refractivity contribution in [2.24, 2.45) is 5.73 Å². The SMILES string of the molecule is N[C@@H](Cc1c(F)c(F)cc(F)c1F)C(=O)OF. The fraction of sp³-hybridized carbons (Fsp3) is 0.222. The van der Waals surface area contributed by atoms with Crippen LogP contribution in [0, 0.1) is 23.3 Å². The topological polar surface area (TPSA) is 52.3 Å². The summed E-state index contributed by atoms with van der Waals surface area (Å²) in [5.74, 6) is -8.26. The molecule has 0 aromatic heterocycles. The zero-order valence-electron chi connectivity index (χ0n) is 8.15. The standard InChI is InChI=1S/C9H6F5NO2/c10-4-2-5(11)8(13)3(7(4)12)1-6(15)9(16)17-14/h2,6H,1,15H2/t6-/m0/s1. The molecule has 0 spiro atoms. The van der Waals surface area contributed by atoms with E-state index in [0.29, 0.717) is 0 Å². The average molecular weight is 255 g/mol. The van der Waals surface area contributed by atoms with Gasteiger partial charge in [-0.05, 0) is 0 Å². The minimum Gasteiger partial charge on any atom is -0.318 e. The normalized spacial score (nSPS) is 12.4. The molecule has 3 nitrogen and oxygen atoms in total. The van der Waals surface area contributed by atoms with Crippen molar-refractivity contribution in [2.45, 2.75) is 12.5 Å². The third-order valence-corrected chi connectivity index (χ3v) is 2.01. The van der Waals surface area contributed by atoms with E-state index in [1.54, 1.807) is 0 Å². The van der Waals surface area contributed by atoms with Gasteiger partial charge in [-0.2, -0.15) is 0 Å². The van der Waals surface area contributed by atoms with Gasteiger partial charge in [0.1, 0.15) is 6.04 Å². The van der Waals surface area contributed by atoms with Crippen molar-refractivity contribution in [1.82, 2.24) is 0 Å². The van der Waals surface area contributed by atoms with Gasteiger partial charge in [-0.3, -0.25) is 4.94 Å². The number of rotatable bonds is 3. The van der Waals surface area contributed by atoms with Crippen LogP contribution in [0.2, 0.25) is 0 Å². The summed E-state index contributed by atoms with van der Waals surface area (Å²) in [6.07, 6.45) is -0.935. The van der Waals surface area contributed by atoms with Gasteiger partial charge in [-0.1, -0.05) is 0 Å². The highest BCUT2D eigenvalue weighted by atomic mass is 19.3. The minimum atomic E-state index is -1.77. The van der Waals surface area contributed by atoms with Crippen LogP contribution in [0.15, 0.2) is 6.07 Å². The van der Waals surface area contributed by atoms with Crippen molar-refractivity contribution < 1.29 is 31.8 Å². The van der Waals surface area contributed by atoms with Gasteiger partial charge in [0.25, 0.3) is 0 Å². The Bertz CT molecular complexity index is 425. The van der Waals surface area contributed by atoms with Crippen LogP contribution in [0.25, 0.3) is 0 Å². The van der Waals surface area contributed by atoms with E-state index in [9.17, 15) is 26.9 Å². The quantitative estimate of drug-likeness (QED) is 0.658. The summed E-state index contributed by atoms with van der Waals surface area (Å²) in [6.45, 7) is 0. The van der Waals surface area contributed by atoms with Crippen LogP contribution in [0.1, 0.15) is 5.56 Å². The summed E-state index contributed by atoms with van der Waals surface area (Å²) in [7, 11) is 0. The van der Waals surface area contributed by atoms with E-state index in [1.165, 1.54) is 0 Å². The molecule has 0 aliphatic heterocycles. The third kappa shape index (κ3) is 2.70. The van der Waals surface area contributed by atoms with Gasteiger partial charge in [0.05, 0.1) is 0 Å². The Hall–Kier alpha value is -1.70. The number of benzene rings is 1. The Kier molecular flexibility index (Phi) is 4.00. The first-order valence-electron chi connectivity index (χ1n) is 4.28. The molecule has 0 saturated heterocycles. The predicted molar refractivity (Wildman–Crippen MR) is 45.2 cm³/mol. The molecule has 0 aliphatic carbocycles. The van der Waals surface area contributed by atoms with Crippen molar-refractivity contribution in [3.8, 4) is 0 Å². The molecule has 1 aromatic carbocycles. The predicted octanol–water partition coefficient (Wildman–Crippen LogP) is 1.54. The van der Waals surface area contributed by atoms with E-state index in [4.69, 9.17) is 5.73 Å². The van der Waals surface area contributed by atoms with Crippen molar-refractivity contribution in [3.63, 3.8) is 0 Å². The van der Waals surface area contributed by atoms with E-state index < -0.39 is 47.3 Å². The Morgan fingerprint density at radius 3 is 2.12 bits per heavy atom. The van der Waals surface area contributed by atoms with Crippen LogP contribution in [0.5, 0.6) is 0 Å². The largest absolute Gasteiger partial charge is 0.365 e. The maximum absolute atomic E-state index is 13.1. The third-order valence-electron chi connectivity index (χ3n) is 2.01. The van der Waals surface area contributed by atoms with E-state index in [0.717, 1.165) is 0 Å². The molecule has 0 unspecified atom stereocenters. The first-order chi connectivity index (χ1) is 7.88. The van der Waals surface area contributed by atoms with Crippen molar-refractivity contribution in [2.75, 3.05) is 0 Å². The van der Waals surface area contributed by atoms with Gasteiger partial charge >= 0.3 is 5.97 Å². The second kappa shape index (κ2) is 5.09.